The Labute approximate surface area is 192 Å². The van der Waals surface area contributed by atoms with Crippen molar-refractivity contribution in [3.63, 3.8) is 0 Å². The second kappa shape index (κ2) is 9.62. The molecule has 0 unspecified atom stereocenters. The highest BCUT2D eigenvalue weighted by molar-refractivity contribution is 5.87. The van der Waals surface area contributed by atoms with Crippen LogP contribution in [0.5, 0.6) is 0 Å². The predicted octanol–water partition coefficient (Wildman–Crippen LogP) is 2.77. The Morgan fingerprint density at radius 2 is 1.67 bits per heavy atom. The molecule has 0 aromatic heterocycles. The van der Waals surface area contributed by atoms with E-state index in [1.807, 2.05) is 24.3 Å². The molecular formula is C25H28N2O6. The average Bonchev–Trinajstić information content (AvgIpc) is 3.54. The standard InChI is InChI=1S/C25H28N2O6/c1-14(32-2)22(24(29)30)27-23(28)20-11-15(20)12-26-25(31)33-13-21-18-9-5-3-7-16(18)17-8-4-6-10-19(17)21/h3-10,14-15,20-22H,11-13H2,1-2H3,(H,26,31)(H,27,28)(H,29,30)/t14-,15-,20-,22+/m1/s1. The van der Waals surface area contributed by atoms with Crippen molar-refractivity contribution in [2.24, 2.45) is 11.8 Å². The van der Waals surface area contributed by atoms with E-state index in [0.717, 1.165) is 22.3 Å². The molecule has 0 spiro atoms. The minimum atomic E-state index is -1.15. The molecule has 4 rings (SSSR count). The Hall–Kier alpha value is -3.39. The van der Waals surface area contributed by atoms with E-state index in [2.05, 4.69) is 34.9 Å². The number of carboxylic acids is 1. The highest BCUT2D eigenvalue weighted by atomic mass is 16.5. The van der Waals surface area contributed by atoms with Crippen molar-refractivity contribution in [2.45, 2.75) is 31.4 Å². The normalized spacial score (nSPS) is 20.2. The molecule has 8 heteroatoms. The summed E-state index contributed by atoms with van der Waals surface area (Å²) in [6, 6.07) is 15.1. The van der Waals surface area contributed by atoms with E-state index in [1.54, 1.807) is 6.92 Å². The Kier molecular flexibility index (Phi) is 6.65. The summed E-state index contributed by atoms with van der Waals surface area (Å²) in [5.41, 5.74) is 4.61. The number of hydrogen-bond donors (Lipinski definition) is 3. The maximum atomic E-state index is 12.4. The van der Waals surface area contributed by atoms with Gasteiger partial charge in [-0.25, -0.2) is 9.59 Å². The number of methoxy groups -OCH3 is 1. The minimum absolute atomic E-state index is 0.0154. The van der Waals surface area contributed by atoms with Crippen LogP contribution >= 0.6 is 0 Å². The molecule has 174 valence electrons. The van der Waals surface area contributed by atoms with Crippen LogP contribution in [0, 0.1) is 11.8 Å². The lowest BCUT2D eigenvalue weighted by molar-refractivity contribution is -0.145. The largest absolute Gasteiger partial charge is 0.480 e. The van der Waals surface area contributed by atoms with Crippen LogP contribution in [0.4, 0.5) is 4.79 Å². The number of benzene rings is 2. The zero-order valence-electron chi connectivity index (χ0n) is 18.6. The van der Waals surface area contributed by atoms with E-state index in [9.17, 15) is 19.5 Å². The number of carboxylic acid groups (broad SMARTS) is 1. The first-order chi connectivity index (χ1) is 15.9. The van der Waals surface area contributed by atoms with E-state index < -0.39 is 24.2 Å². The first-order valence-electron chi connectivity index (χ1n) is 11.1. The van der Waals surface area contributed by atoms with Crippen LogP contribution in [0.3, 0.4) is 0 Å². The third-order valence-electron chi connectivity index (χ3n) is 6.52. The van der Waals surface area contributed by atoms with Crippen LogP contribution in [-0.4, -0.2) is 55.5 Å². The van der Waals surface area contributed by atoms with Gasteiger partial charge in [0.2, 0.25) is 5.91 Å². The lowest BCUT2D eigenvalue weighted by Gasteiger charge is -2.20. The van der Waals surface area contributed by atoms with Gasteiger partial charge in [0.1, 0.15) is 6.61 Å². The average molecular weight is 453 g/mol. The summed E-state index contributed by atoms with van der Waals surface area (Å²) in [5, 5.41) is 14.5. The summed E-state index contributed by atoms with van der Waals surface area (Å²) in [4.78, 5) is 36.0. The molecule has 0 bridgehead atoms. The van der Waals surface area contributed by atoms with Gasteiger partial charge >= 0.3 is 12.1 Å². The number of amides is 2. The summed E-state index contributed by atoms with van der Waals surface area (Å²) < 4.78 is 10.5. The first-order valence-corrected chi connectivity index (χ1v) is 11.1. The SMILES string of the molecule is CO[C@H](C)[C@H](NC(=O)[C@@H]1C[C@@H]1CNC(=O)OCC1c2ccccc2-c2ccccc21)C(=O)O. The molecule has 1 saturated carbocycles. The summed E-state index contributed by atoms with van der Waals surface area (Å²) in [6.07, 6.45) is -0.592. The van der Waals surface area contributed by atoms with Crippen molar-refractivity contribution in [1.29, 1.82) is 0 Å². The van der Waals surface area contributed by atoms with Crippen molar-refractivity contribution in [3.8, 4) is 11.1 Å². The number of hydrogen-bond acceptors (Lipinski definition) is 5. The highest BCUT2D eigenvalue weighted by Gasteiger charge is 2.44. The summed E-state index contributed by atoms with van der Waals surface area (Å²) in [5.74, 6) is -1.88. The van der Waals surface area contributed by atoms with Crippen molar-refractivity contribution >= 4 is 18.0 Å². The van der Waals surface area contributed by atoms with Gasteiger partial charge < -0.3 is 25.2 Å². The molecule has 4 atom stereocenters. The quantitative estimate of drug-likeness (QED) is 0.539. The van der Waals surface area contributed by atoms with Crippen LogP contribution in [0.25, 0.3) is 11.1 Å². The van der Waals surface area contributed by atoms with Crippen LogP contribution in [0.15, 0.2) is 48.5 Å². The van der Waals surface area contributed by atoms with E-state index in [4.69, 9.17) is 9.47 Å². The topological polar surface area (TPSA) is 114 Å². The Morgan fingerprint density at radius 3 is 2.24 bits per heavy atom. The van der Waals surface area contributed by atoms with Crippen molar-refractivity contribution in [1.82, 2.24) is 10.6 Å². The zero-order chi connectivity index (χ0) is 23.5. The van der Waals surface area contributed by atoms with Crippen molar-refractivity contribution in [2.75, 3.05) is 20.3 Å². The number of rotatable bonds is 9. The Morgan fingerprint density at radius 1 is 1.06 bits per heavy atom. The van der Waals surface area contributed by atoms with Gasteiger partial charge in [-0.3, -0.25) is 4.79 Å². The molecule has 1 fully saturated rings. The van der Waals surface area contributed by atoms with Crippen LogP contribution in [-0.2, 0) is 19.1 Å². The van der Waals surface area contributed by atoms with Gasteiger partial charge in [-0.05, 0) is 41.5 Å². The number of carbonyl (C=O) groups is 3. The lowest BCUT2D eigenvalue weighted by Crippen LogP contribution is -2.49. The first kappa shape index (κ1) is 22.8. The molecule has 33 heavy (non-hydrogen) atoms. The maximum Gasteiger partial charge on any atom is 0.407 e. The molecule has 2 amide bonds. The predicted molar refractivity (Wildman–Crippen MR) is 121 cm³/mol. The van der Waals surface area contributed by atoms with Crippen LogP contribution in [0.2, 0.25) is 0 Å². The van der Waals surface area contributed by atoms with Gasteiger partial charge in [0, 0.05) is 25.5 Å². The number of alkyl carbamates (subject to hydrolysis) is 1. The maximum absolute atomic E-state index is 12.4. The fourth-order valence-corrected chi connectivity index (χ4v) is 4.43. The molecule has 0 radical (unpaired) electrons. The van der Waals surface area contributed by atoms with E-state index in [0.29, 0.717) is 13.0 Å². The number of ether oxygens (including phenoxy) is 2. The molecule has 2 aliphatic carbocycles. The summed E-state index contributed by atoms with van der Waals surface area (Å²) in [7, 11) is 1.39. The number of carbonyl (C=O) groups excluding carboxylic acids is 2. The van der Waals surface area contributed by atoms with Crippen LogP contribution in [0.1, 0.15) is 30.4 Å². The zero-order valence-corrected chi connectivity index (χ0v) is 18.6. The van der Waals surface area contributed by atoms with Gasteiger partial charge in [0.25, 0.3) is 0 Å². The van der Waals surface area contributed by atoms with Gasteiger partial charge in [0.15, 0.2) is 6.04 Å². The fourth-order valence-electron chi connectivity index (χ4n) is 4.43. The van der Waals surface area contributed by atoms with E-state index in [1.165, 1.54) is 7.11 Å². The molecule has 0 aliphatic heterocycles. The lowest BCUT2D eigenvalue weighted by atomic mass is 9.98. The second-order valence-electron chi connectivity index (χ2n) is 8.57. The third-order valence-corrected chi connectivity index (χ3v) is 6.52. The van der Waals surface area contributed by atoms with Gasteiger partial charge in [-0.15, -0.1) is 0 Å². The van der Waals surface area contributed by atoms with E-state index >= 15 is 0 Å². The Balaban J connectivity index is 1.25. The summed E-state index contributed by atoms with van der Waals surface area (Å²) in [6.45, 7) is 2.11. The molecule has 2 aromatic rings. The minimum Gasteiger partial charge on any atom is -0.480 e. The van der Waals surface area contributed by atoms with Gasteiger partial charge in [-0.2, -0.15) is 0 Å². The molecule has 2 aromatic carbocycles. The molecule has 0 saturated heterocycles. The van der Waals surface area contributed by atoms with Crippen LogP contribution < -0.4 is 10.6 Å². The molecule has 8 nitrogen and oxygen atoms in total. The fraction of sp³-hybridized carbons (Fsp3) is 0.400. The molecule has 0 heterocycles. The van der Waals surface area contributed by atoms with Crippen molar-refractivity contribution < 1.29 is 29.0 Å². The second-order valence-corrected chi connectivity index (χ2v) is 8.57. The van der Waals surface area contributed by atoms with Crippen molar-refractivity contribution in [3.05, 3.63) is 59.7 Å². The third kappa shape index (κ3) is 4.85. The van der Waals surface area contributed by atoms with Gasteiger partial charge in [0.05, 0.1) is 6.10 Å². The monoisotopic (exact) mass is 452 g/mol. The summed E-state index contributed by atoms with van der Waals surface area (Å²) >= 11 is 0. The number of aliphatic carboxylic acids is 1. The highest BCUT2D eigenvalue weighted by Crippen LogP contribution is 2.44. The number of fused-ring (bicyclic) bond motifs is 3. The molecule has 2 aliphatic rings. The molecule has 3 N–H and O–H groups in total. The van der Waals surface area contributed by atoms with E-state index in [-0.39, 0.29) is 30.3 Å². The van der Waals surface area contributed by atoms with Gasteiger partial charge in [-0.1, -0.05) is 48.5 Å². The Bertz CT molecular complexity index is 1010. The smallest absolute Gasteiger partial charge is 0.407 e. The number of nitrogens with one attached hydrogen (secondary N) is 2. The molecular weight excluding hydrogens is 424 g/mol.